The molecule has 2 rings (SSSR count). The van der Waals surface area contributed by atoms with Crippen molar-refractivity contribution in [3.8, 4) is 0 Å². The van der Waals surface area contributed by atoms with Gasteiger partial charge in [-0.3, -0.25) is 0 Å². The lowest BCUT2D eigenvalue weighted by atomic mass is 9.77. The van der Waals surface area contributed by atoms with Crippen molar-refractivity contribution in [3.63, 3.8) is 0 Å². The maximum absolute atomic E-state index is 11.7. The van der Waals surface area contributed by atoms with Crippen LogP contribution in [0.2, 0.25) is 0 Å². The third-order valence-electron chi connectivity index (χ3n) is 4.96. The summed E-state index contributed by atoms with van der Waals surface area (Å²) in [5.41, 5.74) is 0. The Bertz CT molecular complexity index is 395. The molecule has 2 fully saturated rings. The number of sulfonamides is 1. The molecule has 3 atom stereocenters. The molecule has 0 bridgehead atoms. The van der Waals surface area contributed by atoms with Crippen LogP contribution in [-0.2, 0) is 10.0 Å². The summed E-state index contributed by atoms with van der Waals surface area (Å²) in [4.78, 5) is 0. The average molecular weight is 302 g/mol. The largest absolute Gasteiger partial charge is 0.314 e. The van der Waals surface area contributed by atoms with Crippen LogP contribution < -0.4 is 5.32 Å². The van der Waals surface area contributed by atoms with Crippen molar-refractivity contribution in [1.82, 2.24) is 9.62 Å². The van der Waals surface area contributed by atoms with E-state index in [9.17, 15) is 8.42 Å². The highest BCUT2D eigenvalue weighted by atomic mass is 32.2. The van der Waals surface area contributed by atoms with Gasteiger partial charge in [0.2, 0.25) is 10.0 Å². The van der Waals surface area contributed by atoms with Crippen molar-refractivity contribution in [2.75, 3.05) is 25.9 Å². The zero-order chi connectivity index (χ0) is 14.6. The van der Waals surface area contributed by atoms with Gasteiger partial charge in [-0.15, -0.1) is 0 Å². The van der Waals surface area contributed by atoms with Gasteiger partial charge >= 0.3 is 0 Å². The number of hydrogen-bond acceptors (Lipinski definition) is 3. The molecule has 0 spiro atoms. The van der Waals surface area contributed by atoms with E-state index in [2.05, 4.69) is 12.2 Å². The van der Waals surface area contributed by atoms with Crippen LogP contribution in [0.3, 0.4) is 0 Å². The first-order valence-corrected chi connectivity index (χ1v) is 10.0. The van der Waals surface area contributed by atoms with E-state index in [0.29, 0.717) is 12.0 Å². The fraction of sp³-hybridized carbons (Fsp3) is 1.00. The second kappa shape index (κ2) is 7.23. The summed E-state index contributed by atoms with van der Waals surface area (Å²) in [6.45, 7) is 4.68. The van der Waals surface area contributed by atoms with E-state index in [1.54, 1.807) is 4.31 Å². The third kappa shape index (κ3) is 4.43. The molecule has 0 amide bonds. The summed E-state index contributed by atoms with van der Waals surface area (Å²) in [5, 5.41) is 3.63. The fourth-order valence-corrected chi connectivity index (χ4v) is 4.91. The van der Waals surface area contributed by atoms with Crippen LogP contribution in [0.15, 0.2) is 0 Å². The average Bonchev–Trinajstić information content (AvgIpc) is 2.41. The van der Waals surface area contributed by atoms with Crippen LogP contribution in [0, 0.1) is 11.8 Å². The van der Waals surface area contributed by atoms with Crippen molar-refractivity contribution < 1.29 is 8.42 Å². The van der Waals surface area contributed by atoms with E-state index in [1.165, 1.54) is 44.8 Å². The van der Waals surface area contributed by atoms with E-state index >= 15 is 0 Å². The molecule has 1 saturated heterocycles. The lowest BCUT2D eigenvalue weighted by Gasteiger charge is -2.37. The van der Waals surface area contributed by atoms with Gasteiger partial charge in [-0.2, -0.15) is 0 Å². The molecule has 0 radical (unpaired) electrons. The highest BCUT2D eigenvalue weighted by Gasteiger charge is 2.31. The maximum Gasteiger partial charge on any atom is 0.211 e. The molecule has 1 heterocycles. The van der Waals surface area contributed by atoms with Crippen molar-refractivity contribution in [2.45, 2.75) is 57.9 Å². The summed E-state index contributed by atoms with van der Waals surface area (Å²) < 4.78 is 25.1. The Hall–Kier alpha value is -0.130. The van der Waals surface area contributed by atoms with Crippen molar-refractivity contribution >= 4 is 10.0 Å². The van der Waals surface area contributed by atoms with Crippen LogP contribution >= 0.6 is 0 Å². The van der Waals surface area contributed by atoms with Gasteiger partial charge < -0.3 is 5.32 Å². The molecule has 1 aliphatic carbocycles. The third-order valence-corrected chi connectivity index (χ3v) is 6.23. The van der Waals surface area contributed by atoms with Crippen LogP contribution in [0.4, 0.5) is 0 Å². The Morgan fingerprint density at radius 1 is 1.15 bits per heavy atom. The summed E-state index contributed by atoms with van der Waals surface area (Å²) >= 11 is 0. The van der Waals surface area contributed by atoms with Crippen molar-refractivity contribution in [1.29, 1.82) is 0 Å². The van der Waals surface area contributed by atoms with Crippen LogP contribution in [0.1, 0.15) is 51.9 Å². The van der Waals surface area contributed by atoms with Crippen molar-refractivity contribution in [3.05, 3.63) is 0 Å². The molecule has 118 valence electrons. The lowest BCUT2D eigenvalue weighted by molar-refractivity contribution is 0.179. The maximum atomic E-state index is 11.7. The molecule has 0 aromatic heterocycles. The molecule has 2 aliphatic rings. The number of hydrogen-bond donors (Lipinski definition) is 1. The minimum Gasteiger partial charge on any atom is -0.314 e. The van der Waals surface area contributed by atoms with E-state index < -0.39 is 10.0 Å². The van der Waals surface area contributed by atoms with Gasteiger partial charge in [0.05, 0.1) is 6.26 Å². The van der Waals surface area contributed by atoms with Gasteiger partial charge in [0, 0.05) is 19.1 Å². The number of nitrogens with zero attached hydrogens (tertiary/aromatic N) is 1. The number of nitrogens with one attached hydrogen (secondary N) is 1. The molecular weight excluding hydrogens is 272 g/mol. The molecule has 20 heavy (non-hydrogen) atoms. The molecule has 4 nitrogen and oxygen atoms in total. The zero-order valence-electron chi connectivity index (χ0n) is 13.0. The first-order valence-electron chi connectivity index (χ1n) is 8.19. The van der Waals surface area contributed by atoms with Crippen LogP contribution in [0.5, 0.6) is 0 Å². The van der Waals surface area contributed by atoms with Gasteiger partial charge in [-0.1, -0.05) is 19.8 Å². The molecule has 5 heteroatoms. The fourth-order valence-electron chi connectivity index (χ4n) is 3.97. The van der Waals surface area contributed by atoms with Gasteiger partial charge in [0.25, 0.3) is 0 Å². The molecule has 0 aromatic carbocycles. The Kier molecular flexibility index (Phi) is 5.87. The summed E-state index contributed by atoms with van der Waals surface area (Å²) in [7, 11) is -3.01. The minimum absolute atomic E-state index is 0.558. The van der Waals surface area contributed by atoms with E-state index in [1.807, 2.05) is 0 Å². The predicted molar refractivity (Wildman–Crippen MR) is 83.2 cm³/mol. The molecule has 1 N–H and O–H groups in total. The Morgan fingerprint density at radius 2 is 1.90 bits per heavy atom. The van der Waals surface area contributed by atoms with Gasteiger partial charge in [-0.25, -0.2) is 12.7 Å². The highest BCUT2D eigenvalue weighted by molar-refractivity contribution is 7.88. The predicted octanol–water partition coefficient (Wildman–Crippen LogP) is 2.22. The Labute approximate surface area is 124 Å². The van der Waals surface area contributed by atoms with Crippen molar-refractivity contribution in [2.24, 2.45) is 11.8 Å². The Balaban J connectivity index is 1.91. The topological polar surface area (TPSA) is 49.4 Å². The first-order chi connectivity index (χ1) is 9.50. The van der Waals surface area contributed by atoms with E-state index in [4.69, 9.17) is 0 Å². The quantitative estimate of drug-likeness (QED) is 0.847. The molecule has 1 saturated carbocycles. The SMILES string of the molecule is CCNC1CCCCC1CC1CCCN(S(C)(=O)=O)C1. The monoisotopic (exact) mass is 302 g/mol. The van der Waals surface area contributed by atoms with Gasteiger partial charge in [0.15, 0.2) is 0 Å². The molecule has 0 aromatic rings. The first kappa shape index (κ1) is 16.2. The lowest BCUT2D eigenvalue weighted by Crippen LogP contribution is -2.43. The number of rotatable bonds is 5. The highest BCUT2D eigenvalue weighted by Crippen LogP contribution is 2.33. The second-order valence-corrected chi connectivity index (χ2v) is 8.56. The normalized spacial score (nSPS) is 33.2. The summed E-state index contributed by atoms with van der Waals surface area (Å²) in [5.74, 6) is 1.30. The minimum atomic E-state index is -3.01. The summed E-state index contributed by atoms with van der Waals surface area (Å²) in [6.07, 6.45) is 10.1. The smallest absolute Gasteiger partial charge is 0.211 e. The van der Waals surface area contributed by atoms with Gasteiger partial charge in [0.1, 0.15) is 0 Å². The Morgan fingerprint density at radius 3 is 2.60 bits per heavy atom. The van der Waals surface area contributed by atoms with E-state index in [-0.39, 0.29) is 0 Å². The number of piperidine rings is 1. The standard InChI is InChI=1S/C15H30N2O2S/c1-3-16-15-9-5-4-8-14(15)11-13-7-6-10-17(12-13)20(2,18)19/h13-16H,3-12H2,1-2H3. The van der Waals surface area contributed by atoms with Gasteiger partial charge in [-0.05, 0) is 50.5 Å². The van der Waals surface area contributed by atoms with Crippen LogP contribution in [-0.4, -0.2) is 44.7 Å². The molecule has 1 aliphatic heterocycles. The molecular formula is C15H30N2O2S. The summed E-state index contributed by atoms with van der Waals surface area (Å²) in [6, 6.07) is 0.655. The van der Waals surface area contributed by atoms with E-state index in [0.717, 1.165) is 32.0 Å². The van der Waals surface area contributed by atoms with Crippen LogP contribution in [0.25, 0.3) is 0 Å². The second-order valence-electron chi connectivity index (χ2n) is 6.57. The molecule has 3 unspecified atom stereocenters. The zero-order valence-corrected chi connectivity index (χ0v) is 13.8.